The van der Waals surface area contributed by atoms with Crippen LogP contribution in [0.25, 0.3) is 0 Å². The Morgan fingerprint density at radius 3 is 2.53 bits per heavy atom. The van der Waals surface area contributed by atoms with E-state index in [1.165, 1.54) is 7.11 Å². The van der Waals surface area contributed by atoms with Crippen LogP contribution in [0, 0.1) is 0 Å². The lowest BCUT2D eigenvalue weighted by Crippen LogP contribution is -2.41. The van der Waals surface area contributed by atoms with Crippen molar-refractivity contribution in [3.63, 3.8) is 0 Å². The molecule has 3 aromatic carbocycles. The van der Waals surface area contributed by atoms with E-state index in [4.69, 9.17) is 18.9 Å². The number of carbonyl (C=O) groups excluding carboxylic acids is 2. The second-order valence-electron chi connectivity index (χ2n) is 8.32. The molecule has 0 aliphatic carbocycles. The number of nitrogens with one attached hydrogen (secondary N) is 1. The molecule has 2 atom stereocenters. The van der Waals surface area contributed by atoms with Crippen molar-refractivity contribution in [2.45, 2.75) is 19.1 Å². The fourth-order valence-corrected chi connectivity index (χ4v) is 4.08. The van der Waals surface area contributed by atoms with Gasteiger partial charge in [-0.3, -0.25) is 4.79 Å². The Morgan fingerprint density at radius 1 is 1.06 bits per heavy atom. The zero-order valence-electron chi connectivity index (χ0n) is 20.6. The number of hydrogen-bond acceptors (Lipinski definition) is 7. The van der Waals surface area contributed by atoms with Gasteiger partial charge in [0, 0.05) is 18.2 Å². The van der Waals surface area contributed by atoms with Crippen LogP contribution in [0.1, 0.15) is 28.9 Å². The summed E-state index contributed by atoms with van der Waals surface area (Å²) in [6.07, 6.45) is -0.126. The average Bonchev–Trinajstić information content (AvgIpc) is 2.91. The highest BCUT2D eigenvalue weighted by atomic mass is 16.5. The van der Waals surface area contributed by atoms with Crippen LogP contribution in [-0.2, 0) is 9.53 Å². The maximum Gasteiger partial charge on any atom is 0.333 e. The lowest BCUT2D eigenvalue weighted by atomic mass is 10.0. The smallest absolute Gasteiger partial charge is 0.333 e. The zero-order valence-corrected chi connectivity index (χ0v) is 20.6. The summed E-state index contributed by atoms with van der Waals surface area (Å²) in [5, 5.41) is 2.77. The molecule has 1 unspecified atom stereocenters. The molecule has 3 aromatic rings. The van der Waals surface area contributed by atoms with E-state index in [0.29, 0.717) is 35.8 Å². The van der Waals surface area contributed by atoms with Crippen molar-refractivity contribution in [3.05, 3.63) is 83.9 Å². The van der Waals surface area contributed by atoms with E-state index >= 15 is 0 Å². The van der Waals surface area contributed by atoms with Crippen molar-refractivity contribution in [2.75, 3.05) is 38.8 Å². The molecule has 0 saturated heterocycles. The van der Waals surface area contributed by atoms with Gasteiger partial charge in [0.25, 0.3) is 5.91 Å². The number of nitrogens with zero attached hydrogens (tertiary/aromatic N) is 1. The summed E-state index contributed by atoms with van der Waals surface area (Å²) < 4.78 is 22.5. The van der Waals surface area contributed by atoms with Crippen molar-refractivity contribution in [1.82, 2.24) is 5.32 Å². The summed E-state index contributed by atoms with van der Waals surface area (Å²) in [4.78, 5) is 27.8. The molecule has 1 aliphatic heterocycles. The van der Waals surface area contributed by atoms with Crippen LogP contribution < -0.4 is 24.4 Å². The van der Waals surface area contributed by atoms with Gasteiger partial charge in [-0.05, 0) is 49.4 Å². The molecule has 0 aromatic heterocycles. The van der Waals surface area contributed by atoms with E-state index in [2.05, 4.69) is 10.2 Å². The van der Waals surface area contributed by atoms with Crippen LogP contribution in [0.2, 0.25) is 0 Å². The topological polar surface area (TPSA) is 86.3 Å². The number of benzene rings is 3. The average molecular weight is 491 g/mol. The monoisotopic (exact) mass is 490 g/mol. The molecule has 0 radical (unpaired) electrons. The molecule has 4 rings (SSSR count). The van der Waals surface area contributed by atoms with Crippen molar-refractivity contribution in [2.24, 2.45) is 0 Å². The molecule has 0 fully saturated rings. The molecule has 1 amide bonds. The largest absolute Gasteiger partial charge is 0.496 e. The Morgan fingerprint density at radius 2 is 1.78 bits per heavy atom. The highest BCUT2D eigenvalue weighted by Crippen LogP contribution is 2.32. The summed E-state index contributed by atoms with van der Waals surface area (Å²) >= 11 is 0. The van der Waals surface area contributed by atoms with Crippen molar-refractivity contribution in [1.29, 1.82) is 0 Å². The third-order valence-electron chi connectivity index (χ3n) is 5.85. The summed E-state index contributed by atoms with van der Waals surface area (Å²) in [5.74, 6) is 0.952. The first kappa shape index (κ1) is 24.9. The molecule has 8 heteroatoms. The Labute approximate surface area is 210 Å². The van der Waals surface area contributed by atoms with Crippen molar-refractivity contribution in [3.8, 4) is 17.2 Å². The number of fused-ring (bicyclic) bond motifs is 1. The second kappa shape index (κ2) is 11.5. The van der Waals surface area contributed by atoms with Gasteiger partial charge in [0.15, 0.2) is 6.04 Å². The molecule has 0 saturated carbocycles. The first-order chi connectivity index (χ1) is 17.5. The Kier molecular flexibility index (Phi) is 7.95. The van der Waals surface area contributed by atoms with Crippen LogP contribution in [0.3, 0.4) is 0 Å². The summed E-state index contributed by atoms with van der Waals surface area (Å²) in [6, 6.07) is 20.6. The fraction of sp³-hybridized carbons (Fsp3) is 0.286. The van der Waals surface area contributed by atoms with Crippen molar-refractivity contribution >= 4 is 17.6 Å². The molecule has 8 nitrogen and oxygen atoms in total. The first-order valence-corrected chi connectivity index (χ1v) is 11.8. The number of anilines is 1. The predicted molar refractivity (Wildman–Crippen MR) is 136 cm³/mol. The van der Waals surface area contributed by atoms with Gasteiger partial charge in [-0.1, -0.05) is 30.3 Å². The predicted octanol–water partition coefficient (Wildman–Crippen LogP) is 4.01. The van der Waals surface area contributed by atoms with Gasteiger partial charge in [-0.15, -0.1) is 0 Å². The summed E-state index contributed by atoms with van der Waals surface area (Å²) in [7, 11) is 3.53. The number of esters is 1. The molecule has 1 aliphatic rings. The Balaban J connectivity index is 1.39. The number of carbonyl (C=O) groups is 2. The Bertz CT molecular complexity index is 1200. The second-order valence-corrected chi connectivity index (χ2v) is 8.32. The van der Waals surface area contributed by atoms with Crippen LogP contribution >= 0.6 is 0 Å². The molecule has 0 bridgehead atoms. The highest BCUT2D eigenvalue weighted by Gasteiger charge is 2.28. The normalized spacial score (nSPS) is 15.2. The fourth-order valence-electron chi connectivity index (χ4n) is 4.08. The SMILES string of the molecule is CCOC(=O)C(NC(=O)c1ccc(OC[C@@H]2CN(C)c3ccccc3O2)cc1)c1ccccc1OC. The zero-order chi connectivity index (χ0) is 25.5. The molecule has 1 heterocycles. The van der Waals surface area contributed by atoms with Crippen LogP contribution in [0.4, 0.5) is 5.69 Å². The molecular weight excluding hydrogens is 460 g/mol. The number of rotatable bonds is 9. The number of ether oxygens (including phenoxy) is 4. The lowest BCUT2D eigenvalue weighted by molar-refractivity contribution is -0.145. The van der Waals surface area contributed by atoms with E-state index < -0.39 is 17.9 Å². The van der Waals surface area contributed by atoms with Crippen LogP contribution in [-0.4, -0.2) is 51.9 Å². The van der Waals surface area contributed by atoms with Gasteiger partial charge in [0.2, 0.25) is 0 Å². The number of para-hydroxylation sites is 3. The van der Waals surface area contributed by atoms with E-state index in [-0.39, 0.29) is 12.7 Å². The van der Waals surface area contributed by atoms with Crippen LogP contribution in [0.15, 0.2) is 72.8 Å². The molecular formula is C28H30N2O6. The molecule has 1 N–H and O–H groups in total. The number of hydrogen-bond donors (Lipinski definition) is 1. The van der Waals surface area contributed by atoms with E-state index in [0.717, 1.165) is 11.4 Å². The maximum absolute atomic E-state index is 13.0. The van der Waals surface area contributed by atoms with Gasteiger partial charge in [0.05, 0.1) is 25.9 Å². The molecule has 36 heavy (non-hydrogen) atoms. The van der Waals surface area contributed by atoms with E-state index in [9.17, 15) is 9.59 Å². The third kappa shape index (κ3) is 5.71. The Hall–Kier alpha value is -4.20. The minimum Gasteiger partial charge on any atom is -0.496 e. The molecule has 188 valence electrons. The van der Waals surface area contributed by atoms with Gasteiger partial charge < -0.3 is 29.2 Å². The minimum absolute atomic E-state index is 0.126. The van der Waals surface area contributed by atoms with Gasteiger partial charge in [-0.25, -0.2) is 4.79 Å². The number of amides is 1. The summed E-state index contributed by atoms with van der Waals surface area (Å²) in [5.41, 5.74) is 1.96. The third-order valence-corrected chi connectivity index (χ3v) is 5.85. The first-order valence-electron chi connectivity index (χ1n) is 11.8. The van der Waals surface area contributed by atoms with Gasteiger partial charge in [-0.2, -0.15) is 0 Å². The lowest BCUT2D eigenvalue weighted by Gasteiger charge is -2.33. The van der Waals surface area contributed by atoms with E-state index in [1.807, 2.05) is 31.3 Å². The molecule has 0 spiro atoms. The number of methoxy groups -OCH3 is 1. The number of likely N-dealkylation sites (N-methyl/N-ethyl adjacent to an activating group) is 1. The quantitative estimate of drug-likeness (QED) is 0.454. The maximum atomic E-state index is 13.0. The van der Waals surface area contributed by atoms with Gasteiger partial charge in [0.1, 0.15) is 30.0 Å². The summed E-state index contributed by atoms with van der Waals surface area (Å²) in [6.45, 7) is 2.98. The highest BCUT2D eigenvalue weighted by molar-refractivity contribution is 5.97. The van der Waals surface area contributed by atoms with Crippen molar-refractivity contribution < 1.29 is 28.5 Å². The van der Waals surface area contributed by atoms with Crippen LogP contribution in [0.5, 0.6) is 17.2 Å². The van der Waals surface area contributed by atoms with E-state index in [1.54, 1.807) is 55.5 Å². The standard InChI is InChI=1S/C28H30N2O6/c1-4-34-28(32)26(22-9-5-7-11-24(22)33-3)29-27(31)19-13-15-20(16-14-19)35-18-21-17-30(2)23-10-6-8-12-25(23)36-21/h5-16,21,26H,4,17-18H2,1-3H3,(H,29,31)/t21-,26?/m0/s1. The minimum atomic E-state index is -1.01. The van der Waals surface area contributed by atoms with Gasteiger partial charge >= 0.3 is 5.97 Å².